The number of amides is 1. The Balaban J connectivity index is 1.19. The lowest BCUT2D eigenvalue weighted by Crippen LogP contribution is -2.57. The van der Waals surface area contributed by atoms with Crippen LogP contribution in [-0.2, 0) is 4.79 Å². The molecule has 0 spiro atoms. The largest absolute Gasteiger partial charge is 0.389 e. The molecule has 1 N–H and O–H groups in total. The highest BCUT2D eigenvalue weighted by Crippen LogP contribution is 2.40. The molecule has 2 aromatic carbocycles. The van der Waals surface area contributed by atoms with Gasteiger partial charge in [-0.25, -0.2) is 9.37 Å². The van der Waals surface area contributed by atoms with Gasteiger partial charge in [0.1, 0.15) is 22.5 Å². The maximum Gasteiger partial charge on any atom is 0.258 e. The summed E-state index contributed by atoms with van der Waals surface area (Å²) in [6.45, 7) is 4.14. The number of pyridine rings is 1. The lowest BCUT2D eigenvalue weighted by Gasteiger charge is -2.39. The molecule has 0 bridgehead atoms. The molecule has 2 saturated heterocycles. The summed E-state index contributed by atoms with van der Waals surface area (Å²) in [6.07, 6.45) is 3.43. The van der Waals surface area contributed by atoms with Crippen LogP contribution in [0.15, 0.2) is 53.5 Å². The van der Waals surface area contributed by atoms with E-state index < -0.39 is 6.10 Å². The van der Waals surface area contributed by atoms with Gasteiger partial charge in [0.05, 0.1) is 18.3 Å². The number of anilines is 3. The smallest absolute Gasteiger partial charge is 0.258 e. The standard InChI is InChI=1S/C32H32FN7O3S/c1-36(32-35-30(28(15-34)44-32)20-2-4-21(33)5-3-20)27-18-40(22-6-7-22)31(43)25-9-8-23(14-26(25)27)38-12-10-37(11-13-38)19-29(42)39-16-24(41)17-39/h2-5,8-9,14,18,22,24,41H,6-7,10-13,16-17,19H2,1H3. The van der Waals surface area contributed by atoms with Gasteiger partial charge < -0.3 is 24.4 Å². The molecule has 0 unspecified atom stereocenters. The van der Waals surface area contributed by atoms with E-state index in [4.69, 9.17) is 4.98 Å². The van der Waals surface area contributed by atoms with Crippen molar-refractivity contribution < 1.29 is 14.3 Å². The Kier molecular flexibility index (Phi) is 7.32. The molecule has 1 amide bonds. The number of aliphatic hydroxyl groups is 1. The quantitative estimate of drug-likeness (QED) is 0.337. The van der Waals surface area contributed by atoms with E-state index in [1.54, 1.807) is 17.0 Å². The van der Waals surface area contributed by atoms with Crippen molar-refractivity contribution in [2.24, 2.45) is 0 Å². The Morgan fingerprint density at radius 1 is 1.11 bits per heavy atom. The van der Waals surface area contributed by atoms with Crippen LogP contribution in [0.1, 0.15) is 23.8 Å². The van der Waals surface area contributed by atoms with E-state index in [0.717, 1.165) is 55.8 Å². The number of benzene rings is 2. The van der Waals surface area contributed by atoms with E-state index in [-0.39, 0.29) is 23.3 Å². The first-order valence-electron chi connectivity index (χ1n) is 14.8. The van der Waals surface area contributed by atoms with Crippen LogP contribution in [-0.4, -0.2) is 89.3 Å². The van der Waals surface area contributed by atoms with Crippen molar-refractivity contribution in [3.05, 3.63) is 69.7 Å². The molecule has 2 aliphatic heterocycles. The zero-order valence-electron chi connectivity index (χ0n) is 24.3. The van der Waals surface area contributed by atoms with Gasteiger partial charge in [0.25, 0.3) is 5.56 Å². The molecule has 7 rings (SSSR count). The van der Waals surface area contributed by atoms with E-state index in [9.17, 15) is 24.3 Å². The minimum absolute atomic E-state index is 0.0190. The topological polar surface area (TPSA) is 109 Å². The van der Waals surface area contributed by atoms with Crippen LogP contribution in [0.3, 0.4) is 0 Å². The summed E-state index contributed by atoms with van der Waals surface area (Å²) in [5.74, 6) is -0.301. The number of fused-ring (bicyclic) bond motifs is 1. The number of piperazine rings is 1. The number of thiazole rings is 1. The number of likely N-dealkylation sites (tertiary alicyclic amines) is 1. The van der Waals surface area contributed by atoms with Crippen molar-refractivity contribution in [2.75, 3.05) is 62.7 Å². The second-order valence-corrected chi connectivity index (χ2v) is 12.7. The number of rotatable bonds is 7. The predicted molar refractivity (Wildman–Crippen MR) is 168 cm³/mol. The molecule has 10 nitrogen and oxygen atoms in total. The first-order valence-corrected chi connectivity index (χ1v) is 15.6. The Morgan fingerprint density at radius 3 is 2.50 bits per heavy atom. The van der Waals surface area contributed by atoms with Crippen LogP contribution in [0.2, 0.25) is 0 Å². The van der Waals surface area contributed by atoms with E-state index in [0.29, 0.717) is 46.3 Å². The monoisotopic (exact) mass is 613 g/mol. The lowest BCUT2D eigenvalue weighted by molar-refractivity contribution is -0.142. The van der Waals surface area contributed by atoms with Crippen molar-refractivity contribution in [1.82, 2.24) is 19.4 Å². The Hall–Kier alpha value is -4.31. The van der Waals surface area contributed by atoms with Gasteiger partial charge in [-0.05, 0) is 55.3 Å². The summed E-state index contributed by atoms with van der Waals surface area (Å²) in [5.41, 5.74) is 2.96. The molecule has 226 valence electrons. The Bertz CT molecular complexity index is 1830. The van der Waals surface area contributed by atoms with Gasteiger partial charge in [-0.3, -0.25) is 14.5 Å². The number of carbonyl (C=O) groups excluding carboxylic acids is 1. The number of aliphatic hydroxyl groups excluding tert-OH is 1. The SMILES string of the molecule is CN(c1nc(-c2ccc(F)cc2)c(C#N)s1)c1cn(C2CC2)c(=O)c2ccc(N3CCN(CC(=O)N4CC(O)C4)CC3)cc12. The fourth-order valence-electron chi connectivity index (χ4n) is 5.97. The van der Waals surface area contributed by atoms with Gasteiger partial charge in [0.2, 0.25) is 5.91 Å². The molecule has 2 aromatic heterocycles. The number of β-amino-alcohol motifs (C(OH)–C–C–N with tert-alkyl or cyclic N) is 1. The third-order valence-corrected chi connectivity index (χ3v) is 9.78. The van der Waals surface area contributed by atoms with E-state index in [1.165, 1.54) is 23.5 Å². The average Bonchev–Trinajstić information content (AvgIpc) is 3.77. The van der Waals surface area contributed by atoms with Crippen LogP contribution in [0.5, 0.6) is 0 Å². The summed E-state index contributed by atoms with van der Waals surface area (Å²) in [5, 5.41) is 21.4. The minimum Gasteiger partial charge on any atom is -0.389 e. The Morgan fingerprint density at radius 2 is 1.84 bits per heavy atom. The molecule has 44 heavy (non-hydrogen) atoms. The molecule has 1 aliphatic carbocycles. The molecule has 4 heterocycles. The first kappa shape index (κ1) is 28.5. The maximum absolute atomic E-state index is 13.6. The fraction of sp³-hybridized carbons (Fsp3) is 0.375. The normalized spacial score (nSPS) is 17.5. The summed E-state index contributed by atoms with van der Waals surface area (Å²) in [4.78, 5) is 39.3. The summed E-state index contributed by atoms with van der Waals surface area (Å²) < 4.78 is 15.4. The molecular weight excluding hydrogens is 581 g/mol. The average molecular weight is 614 g/mol. The van der Waals surface area contributed by atoms with Crippen LogP contribution in [0, 0.1) is 17.1 Å². The number of aromatic nitrogens is 2. The third kappa shape index (κ3) is 5.32. The van der Waals surface area contributed by atoms with Crippen molar-refractivity contribution in [3.63, 3.8) is 0 Å². The number of halogens is 1. The summed E-state index contributed by atoms with van der Waals surface area (Å²) >= 11 is 1.26. The van der Waals surface area contributed by atoms with Crippen molar-refractivity contribution >= 4 is 44.5 Å². The number of carbonyl (C=O) groups is 1. The van der Waals surface area contributed by atoms with Crippen molar-refractivity contribution in [2.45, 2.75) is 25.0 Å². The van der Waals surface area contributed by atoms with E-state index in [2.05, 4.69) is 21.9 Å². The van der Waals surface area contributed by atoms with Gasteiger partial charge in [-0.1, -0.05) is 11.3 Å². The fourth-order valence-corrected chi connectivity index (χ4v) is 6.83. The molecule has 0 radical (unpaired) electrons. The lowest BCUT2D eigenvalue weighted by atomic mass is 10.1. The second-order valence-electron chi connectivity index (χ2n) is 11.8. The molecule has 3 aliphatic rings. The summed E-state index contributed by atoms with van der Waals surface area (Å²) in [6, 6.07) is 14.3. The van der Waals surface area contributed by atoms with Gasteiger partial charge in [-0.15, -0.1) is 0 Å². The molecule has 12 heteroatoms. The van der Waals surface area contributed by atoms with Gasteiger partial charge in [-0.2, -0.15) is 5.26 Å². The number of hydrogen-bond acceptors (Lipinski definition) is 9. The van der Waals surface area contributed by atoms with Crippen molar-refractivity contribution in [3.8, 4) is 17.3 Å². The van der Waals surface area contributed by atoms with Gasteiger partial charge >= 0.3 is 0 Å². The highest BCUT2D eigenvalue weighted by Gasteiger charge is 2.31. The molecule has 0 atom stereocenters. The number of nitrogens with zero attached hydrogens (tertiary/aromatic N) is 7. The zero-order chi connectivity index (χ0) is 30.5. The van der Waals surface area contributed by atoms with E-state index >= 15 is 0 Å². The zero-order valence-corrected chi connectivity index (χ0v) is 25.1. The van der Waals surface area contributed by atoms with Crippen LogP contribution in [0.25, 0.3) is 22.0 Å². The second kappa shape index (κ2) is 11.3. The first-order chi connectivity index (χ1) is 21.3. The summed E-state index contributed by atoms with van der Waals surface area (Å²) in [7, 11) is 1.89. The van der Waals surface area contributed by atoms with Gasteiger partial charge in [0, 0.05) is 80.6 Å². The molecule has 1 saturated carbocycles. The molecule has 3 fully saturated rings. The molecule has 4 aromatic rings. The highest BCUT2D eigenvalue weighted by atomic mass is 32.1. The molecular formula is C32H32FN7O3S. The maximum atomic E-state index is 13.6. The van der Waals surface area contributed by atoms with E-state index in [1.807, 2.05) is 34.8 Å². The third-order valence-electron chi connectivity index (χ3n) is 8.74. The van der Waals surface area contributed by atoms with Crippen molar-refractivity contribution in [1.29, 1.82) is 5.26 Å². The van der Waals surface area contributed by atoms with Crippen LogP contribution in [0.4, 0.5) is 20.9 Å². The van der Waals surface area contributed by atoms with Crippen LogP contribution < -0.4 is 15.4 Å². The van der Waals surface area contributed by atoms with Crippen LogP contribution >= 0.6 is 11.3 Å². The van der Waals surface area contributed by atoms with Gasteiger partial charge in [0.15, 0.2) is 5.13 Å². The highest BCUT2D eigenvalue weighted by molar-refractivity contribution is 7.16. The minimum atomic E-state index is -0.401. The Labute approximate surface area is 257 Å². The predicted octanol–water partition coefficient (Wildman–Crippen LogP) is 3.56. The number of nitriles is 1. The number of hydrogen-bond donors (Lipinski definition) is 1.